The van der Waals surface area contributed by atoms with Crippen LogP contribution < -0.4 is 16.4 Å². The summed E-state index contributed by atoms with van der Waals surface area (Å²) in [4.78, 5) is 66.4. The zero-order chi connectivity index (χ0) is 29.6. The third-order valence-corrected chi connectivity index (χ3v) is 8.71. The Bertz CT molecular complexity index is 1180. The number of alkyl carbamates (subject to hydrolysis) is 1. The highest BCUT2D eigenvalue weighted by Gasteiger charge is 2.69. The smallest absolute Gasteiger partial charge is 0.408 e. The summed E-state index contributed by atoms with van der Waals surface area (Å²) in [6.45, 7) is 11.6. The van der Waals surface area contributed by atoms with Crippen molar-refractivity contribution in [1.29, 1.82) is 0 Å². The first-order valence-electron chi connectivity index (χ1n) is 14.2. The molecule has 10 heteroatoms. The van der Waals surface area contributed by atoms with E-state index in [9.17, 15) is 24.0 Å². The van der Waals surface area contributed by atoms with Gasteiger partial charge in [-0.3, -0.25) is 19.2 Å². The van der Waals surface area contributed by atoms with Crippen LogP contribution in [0.1, 0.15) is 65.5 Å². The number of carbonyl (C=O) groups is 5. The summed E-state index contributed by atoms with van der Waals surface area (Å²) >= 11 is 0. The number of rotatable bonds is 9. The van der Waals surface area contributed by atoms with Gasteiger partial charge in [-0.2, -0.15) is 0 Å². The van der Waals surface area contributed by atoms with Gasteiger partial charge in [0.25, 0.3) is 5.91 Å². The molecule has 0 aromatic heterocycles. The van der Waals surface area contributed by atoms with E-state index >= 15 is 0 Å². The quantitative estimate of drug-likeness (QED) is 0.398. The number of benzene rings is 1. The van der Waals surface area contributed by atoms with Gasteiger partial charge >= 0.3 is 6.09 Å². The fraction of sp³-hybridized carbons (Fsp3) is 0.633. The Morgan fingerprint density at radius 1 is 1.07 bits per heavy atom. The van der Waals surface area contributed by atoms with Gasteiger partial charge < -0.3 is 26.0 Å². The average Bonchev–Trinajstić information content (AvgIpc) is 3.24. The summed E-state index contributed by atoms with van der Waals surface area (Å²) < 4.78 is 5.50. The SMILES string of the molecule is CCCC(NC(=O)[C@@H]1[C@@H]2C(CN1C(=O)[C@@H](NC(=O)OC(C)(C)C)C1Cc3ccccc3C1)C2(C)C)C(=O)C(N)=O. The third-order valence-electron chi connectivity index (χ3n) is 8.71. The summed E-state index contributed by atoms with van der Waals surface area (Å²) in [5.41, 5.74) is 6.57. The molecule has 1 aromatic carbocycles. The largest absolute Gasteiger partial charge is 0.444 e. The number of nitrogens with zero attached hydrogens (tertiary/aromatic N) is 1. The number of hydrogen-bond donors (Lipinski definition) is 3. The van der Waals surface area contributed by atoms with Crippen LogP contribution in [0, 0.1) is 23.2 Å². The molecule has 4 rings (SSSR count). The molecule has 4 amide bonds. The van der Waals surface area contributed by atoms with E-state index in [-0.39, 0.29) is 35.5 Å². The number of primary amides is 1. The van der Waals surface area contributed by atoms with Crippen LogP contribution >= 0.6 is 0 Å². The molecule has 1 saturated heterocycles. The fourth-order valence-corrected chi connectivity index (χ4v) is 6.62. The topological polar surface area (TPSA) is 148 Å². The lowest BCUT2D eigenvalue weighted by Gasteiger charge is -2.35. The van der Waals surface area contributed by atoms with Crippen LogP contribution in [0.4, 0.5) is 4.79 Å². The van der Waals surface area contributed by atoms with Crippen molar-refractivity contribution in [2.75, 3.05) is 6.54 Å². The van der Waals surface area contributed by atoms with Crippen molar-refractivity contribution in [3.63, 3.8) is 0 Å². The predicted octanol–water partition coefficient (Wildman–Crippen LogP) is 2.12. The minimum absolute atomic E-state index is 0.103. The molecule has 10 nitrogen and oxygen atoms in total. The van der Waals surface area contributed by atoms with Gasteiger partial charge in [-0.1, -0.05) is 51.5 Å². The van der Waals surface area contributed by atoms with Gasteiger partial charge in [0.1, 0.15) is 17.7 Å². The van der Waals surface area contributed by atoms with Crippen LogP contribution in [-0.4, -0.2) is 64.8 Å². The van der Waals surface area contributed by atoms with E-state index < -0.39 is 47.4 Å². The molecule has 0 spiro atoms. The van der Waals surface area contributed by atoms with Crippen LogP contribution in [0.2, 0.25) is 0 Å². The number of nitrogens with one attached hydrogen (secondary N) is 2. The van der Waals surface area contributed by atoms with E-state index in [1.807, 2.05) is 31.2 Å². The molecule has 1 heterocycles. The first-order valence-corrected chi connectivity index (χ1v) is 14.2. The second kappa shape index (κ2) is 10.9. The second-order valence-corrected chi connectivity index (χ2v) is 13.0. The standard InChI is InChI=1S/C30H42N4O6/c1-7-10-20(24(35)25(31)36)32-26(37)23-21-19(30(21,5)6)15-34(23)27(38)22(33-28(39)40-29(2,3)4)18-13-16-11-8-9-12-17(16)14-18/h8-9,11-12,18-23H,7,10,13-15H2,1-6H3,(H2,31,36)(H,32,37)(H,33,39)/t19?,20?,21-,22-,23-/m0/s1. The lowest BCUT2D eigenvalue weighted by Crippen LogP contribution is -2.59. The minimum atomic E-state index is -1.11. The third kappa shape index (κ3) is 5.86. The number of ether oxygens (including phenoxy) is 1. The van der Waals surface area contributed by atoms with Crippen molar-refractivity contribution in [2.45, 2.75) is 91.0 Å². The number of carbonyl (C=O) groups excluding carboxylic acids is 5. The molecular weight excluding hydrogens is 512 g/mol. The molecular formula is C30H42N4O6. The molecule has 0 bridgehead atoms. The van der Waals surface area contributed by atoms with E-state index in [4.69, 9.17) is 10.5 Å². The zero-order valence-corrected chi connectivity index (χ0v) is 24.3. The van der Waals surface area contributed by atoms with Gasteiger partial charge in [-0.25, -0.2) is 4.79 Å². The number of ketones is 1. The molecule has 1 saturated carbocycles. The molecule has 2 unspecified atom stereocenters. The van der Waals surface area contributed by atoms with Crippen molar-refractivity contribution in [1.82, 2.24) is 15.5 Å². The molecule has 2 fully saturated rings. The van der Waals surface area contributed by atoms with Crippen molar-refractivity contribution >= 4 is 29.6 Å². The number of likely N-dealkylation sites (tertiary alicyclic amines) is 1. The number of amides is 4. The highest BCUT2D eigenvalue weighted by atomic mass is 16.6. The molecule has 218 valence electrons. The number of nitrogens with two attached hydrogens (primary N) is 1. The maximum atomic E-state index is 14.3. The van der Waals surface area contributed by atoms with Crippen LogP contribution in [0.25, 0.3) is 0 Å². The summed E-state index contributed by atoms with van der Waals surface area (Å²) in [6, 6.07) is 5.17. The molecule has 5 atom stereocenters. The van der Waals surface area contributed by atoms with Gasteiger partial charge in [0.05, 0.1) is 6.04 Å². The van der Waals surface area contributed by atoms with Crippen LogP contribution in [-0.2, 0) is 36.8 Å². The number of piperidine rings is 1. The first kappa shape index (κ1) is 29.6. The van der Waals surface area contributed by atoms with Crippen molar-refractivity contribution in [3.05, 3.63) is 35.4 Å². The summed E-state index contributed by atoms with van der Waals surface area (Å²) in [7, 11) is 0. The Kier molecular flexibility index (Phi) is 8.02. The monoisotopic (exact) mass is 554 g/mol. The van der Waals surface area contributed by atoms with Gasteiger partial charge in [0.2, 0.25) is 17.6 Å². The van der Waals surface area contributed by atoms with Crippen LogP contribution in [0.3, 0.4) is 0 Å². The van der Waals surface area contributed by atoms with E-state index in [1.54, 1.807) is 25.7 Å². The van der Waals surface area contributed by atoms with Crippen molar-refractivity contribution in [3.8, 4) is 0 Å². The Morgan fingerprint density at radius 2 is 1.68 bits per heavy atom. The van der Waals surface area contributed by atoms with Gasteiger partial charge in [-0.05, 0) is 74.3 Å². The Hall–Kier alpha value is -3.43. The van der Waals surface area contributed by atoms with Crippen LogP contribution in [0.15, 0.2) is 24.3 Å². The summed E-state index contributed by atoms with van der Waals surface area (Å²) in [6.07, 6.45) is 1.34. The van der Waals surface area contributed by atoms with E-state index in [2.05, 4.69) is 24.5 Å². The molecule has 3 aliphatic rings. The maximum Gasteiger partial charge on any atom is 0.408 e. The fourth-order valence-electron chi connectivity index (χ4n) is 6.62. The molecule has 0 radical (unpaired) electrons. The predicted molar refractivity (Wildman–Crippen MR) is 148 cm³/mol. The first-order chi connectivity index (χ1) is 18.7. The normalized spacial score (nSPS) is 24.4. The lowest BCUT2D eigenvalue weighted by molar-refractivity contribution is -0.144. The molecule has 40 heavy (non-hydrogen) atoms. The van der Waals surface area contributed by atoms with E-state index in [1.165, 1.54) is 0 Å². The highest BCUT2D eigenvalue weighted by Crippen LogP contribution is 2.65. The number of Topliss-reactive ketones (excluding diaryl/α,β-unsaturated/α-hetero) is 1. The summed E-state index contributed by atoms with van der Waals surface area (Å²) in [5, 5.41) is 5.55. The molecule has 1 aromatic rings. The van der Waals surface area contributed by atoms with Gasteiger partial charge in [0, 0.05) is 6.54 Å². The zero-order valence-electron chi connectivity index (χ0n) is 24.3. The van der Waals surface area contributed by atoms with Gasteiger partial charge in [0.15, 0.2) is 0 Å². The molecule has 4 N–H and O–H groups in total. The van der Waals surface area contributed by atoms with Crippen molar-refractivity contribution in [2.24, 2.45) is 28.9 Å². The van der Waals surface area contributed by atoms with E-state index in [0.717, 1.165) is 11.1 Å². The second-order valence-electron chi connectivity index (χ2n) is 13.0. The molecule has 1 aliphatic heterocycles. The lowest BCUT2D eigenvalue weighted by atomic mass is 9.93. The maximum absolute atomic E-state index is 14.3. The number of fused-ring (bicyclic) bond motifs is 2. The number of hydrogen-bond acceptors (Lipinski definition) is 6. The minimum Gasteiger partial charge on any atom is -0.444 e. The average molecular weight is 555 g/mol. The Balaban J connectivity index is 1.60. The van der Waals surface area contributed by atoms with Gasteiger partial charge in [-0.15, -0.1) is 0 Å². The summed E-state index contributed by atoms with van der Waals surface area (Å²) in [5.74, 6) is -3.01. The van der Waals surface area contributed by atoms with Crippen molar-refractivity contribution < 1.29 is 28.7 Å². The highest BCUT2D eigenvalue weighted by molar-refractivity contribution is 6.37. The Morgan fingerprint density at radius 3 is 2.20 bits per heavy atom. The molecule has 2 aliphatic carbocycles. The Labute approximate surface area is 235 Å². The van der Waals surface area contributed by atoms with Crippen LogP contribution in [0.5, 0.6) is 0 Å². The van der Waals surface area contributed by atoms with E-state index in [0.29, 0.717) is 25.8 Å².